The first kappa shape index (κ1) is 17.9. The summed E-state index contributed by atoms with van der Waals surface area (Å²) in [4.78, 5) is 18.4. The van der Waals surface area contributed by atoms with Crippen molar-refractivity contribution < 1.29 is 4.79 Å². The van der Waals surface area contributed by atoms with Gasteiger partial charge in [0.15, 0.2) is 0 Å². The summed E-state index contributed by atoms with van der Waals surface area (Å²) in [5.74, 6) is -0.132. The minimum absolute atomic E-state index is 0.132. The second kappa shape index (κ2) is 9.03. The number of hydrogen-bond donors (Lipinski definition) is 2. The first-order valence-corrected chi connectivity index (χ1v) is 8.33. The molecule has 0 aliphatic heterocycles. The molecular weight excluding hydrogens is 300 g/mol. The normalized spacial score (nSPS) is 10.7. The molecule has 0 aliphatic carbocycles. The molecule has 0 fully saturated rings. The summed E-state index contributed by atoms with van der Waals surface area (Å²) in [7, 11) is 4.04. The second-order valence-electron chi connectivity index (χ2n) is 6.02. The van der Waals surface area contributed by atoms with E-state index in [4.69, 9.17) is 0 Å². The number of benzene rings is 1. The summed E-state index contributed by atoms with van der Waals surface area (Å²) < 4.78 is 0. The van der Waals surface area contributed by atoms with E-state index in [1.807, 2.05) is 32.3 Å². The van der Waals surface area contributed by atoms with Gasteiger partial charge in [0.05, 0.1) is 11.9 Å². The van der Waals surface area contributed by atoms with Gasteiger partial charge in [0, 0.05) is 12.2 Å². The van der Waals surface area contributed by atoms with Crippen molar-refractivity contribution in [1.82, 2.24) is 15.2 Å². The van der Waals surface area contributed by atoms with Crippen molar-refractivity contribution in [2.24, 2.45) is 0 Å². The van der Waals surface area contributed by atoms with E-state index in [0.29, 0.717) is 12.2 Å². The summed E-state index contributed by atoms with van der Waals surface area (Å²) in [6.45, 7) is 3.74. The Morgan fingerprint density at radius 2 is 1.79 bits per heavy atom. The Bertz CT molecular complexity index is 635. The predicted octanol–water partition coefficient (Wildman–Crippen LogP) is 3.07. The summed E-state index contributed by atoms with van der Waals surface area (Å²) >= 11 is 0. The summed E-state index contributed by atoms with van der Waals surface area (Å²) in [6.07, 6.45) is 3.63. The van der Waals surface area contributed by atoms with Gasteiger partial charge in [0.1, 0.15) is 5.69 Å². The van der Waals surface area contributed by atoms with Gasteiger partial charge in [-0.2, -0.15) is 0 Å². The molecule has 0 bridgehead atoms. The lowest BCUT2D eigenvalue weighted by atomic mass is 10.1. The fraction of sp³-hybridized carbons (Fsp3) is 0.368. The highest BCUT2D eigenvalue weighted by Crippen LogP contribution is 2.16. The van der Waals surface area contributed by atoms with Crippen LogP contribution < -0.4 is 10.6 Å². The number of anilines is 2. The van der Waals surface area contributed by atoms with Gasteiger partial charge in [0.2, 0.25) is 0 Å². The van der Waals surface area contributed by atoms with E-state index in [2.05, 4.69) is 39.6 Å². The highest BCUT2D eigenvalue weighted by atomic mass is 16.1. The number of pyridine rings is 1. The maximum absolute atomic E-state index is 12.0. The number of nitrogens with zero attached hydrogens (tertiary/aromatic N) is 2. The molecule has 24 heavy (non-hydrogen) atoms. The van der Waals surface area contributed by atoms with Crippen molar-refractivity contribution >= 4 is 17.3 Å². The molecule has 0 unspecified atom stereocenters. The van der Waals surface area contributed by atoms with E-state index >= 15 is 0 Å². The lowest BCUT2D eigenvalue weighted by molar-refractivity contribution is 0.0947. The van der Waals surface area contributed by atoms with Crippen LogP contribution in [0.2, 0.25) is 0 Å². The summed E-state index contributed by atoms with van der Waals surface area (Å²) in [5.41, 5.74) is 3.62. The van der Waals surface area contributed by atoms with Crippen molar-refractivity contribution in [3.8, 4) is 0 Å². The Hall–Kier alpha value is -2.40. The molecule has 0 aliphatic rings. The van der Waals surface area contributed by atoms with E-state index in [-0.39, 0.29) is 5.91 Å². The van der Waals surface area contributed by atoms with Crippen LogP contribution >= 0.6 is 0 Å². The smallest absolute Gasteiger partial charge is 0.269 e. The molecule has 2 N–H and O–H groups in total. The molecule has 1 heterocycles. The zero-order chi connectivity index (χ0) is 17.4. The number of aryl methyl sites for hydroxylation is 1. The van der Waals surface area contributed by atoms with Crippen LogP contribution in [0.3, 0.4) is 0 Å². The van der Waals surface area contributed by atoms with Crippen LogP contribution in [0.1, 0.15) is 29.4 Å². The van der Waals surface area contributed by atoms with Crippen LogP contribution in [0.4, 0.5) is 11.4 Å². The Balaban J connectivity index is 1.86. The van der Waals surface area contributed by atoms with E-state index in [0.717, 1.165) is 30.8 Å². The van der Waals surface area contributed by atoms with Gasteiger partial charge >= 0.3 is 0 Å². The van der Waals surface area contributed by atoms with Crippen molar-refractivity contribution in [2.45, 2.75) is 19.8 Å². The highest BCUT2D eigenvalue weighted by Gasteiger charge is 2.06. The third-order valence-electron chi connectivity index (χ3n) is 3.71. The minimum atomic E-state index is -0.132. The predicted molar refractivity (Wildman–Crippen MR) is 98.8 cm³/mol. The summed E-state index contributed by atoms with van der Waals surface area (Å²) in [6, 6.07) is 11.9. The molecule has 1 amide bonds. The van der Waals surface area contributed by atoms with Crippen LogP contribution in [-0.2, 0) is 6.42 Å². The maximum atomic E-state index is 12.0. The molecule has 1 aromatic heterocycles. The van der Waals surface area contributed by atoms with Gasteiger partial charge in [-0.25, -0.2) is 4.98 Å². The molecule has 5 nitrogen and oxygen atoms in total. The van der Waals surface area contributed by atoms with Crippen molar-refractivity contribution in [3.05, 3.63) is 53.9 Å². The number of nitrogens with one attached hydrogen (secondary N) is 2. The Labute approximate surface area is 144 Å². The first-order valence-electron chi connectivity index (χ1n) is 8.33. The van der Waals surface area contributed by atoms with Gasteiger partial charge in [-0.15, -0.1) is 0 Å². The standard InChI is InChI=1S/C19H26N4O/c1-4-15-6-8-16(9-7-15)22-17-10-11-18(21-14-17)19(24)20-12-5-13-23(2)3/h6-11,14,22H,4-5,12-13H2,1-3H3,(H,20,24). The van der Waals surface area contributed by atoms with Gasteiger partial charge < -0.3 is 15.5 Å². The highest BCUT2D eigenvalue weighted by molar-refractivity contribution is 5.92. The second-order valence-corrected chi connectivity index (χ2v) is 6.02. The topological polar surface area (TPSA) is 57.3 Å². The minimum Gasteiger partial charge on any atom is -0.354 e. The molecule has 2 aromatic rings. The number of aromatic nitrogens is 1. The number of amides is 1. The van der Waals surface area contributed by atoms with Gasteiger partial charge in [-0.05, 0) is 63.3 Å². The fourth-order valence-electron chi connectivity index (χ4n) is 2.28. The number of carbonyl (C=O) groups is 1. The molecule has 0 spiro atoms. The van der Waals surface area contributed by atoms with E-state index in [1.54, 1.807) is 12.3 Å². The Morgan fingerprint density at radius 1 is 1.08 bits per heavy atom. The molecule has 1 aromatic carbocycles. The Morgan fingerprint density at radius 3 is 2.38 bits per heavy atom. The zero-order valence-corrected chi connectivity index (χ0v) is 14.7. The van der Waals surface area contributed by atoms with Crippen LogP contribution in [0.25, 0.3) is 0 Å². The quantitative estimate of drug-likeness (QED) is 0.732. The SMILES string of the molecule is CCc1ccc(Nc2ccc(C(=O)NCCCN(C)C)nc2)cc1. The first-order chi connectivity index (χ1) is 11.6. The molecular formula is C19H26N4O. The molecule has 0 atom stereocenters. The molecule has 5 heteroatoms. The number of carbonyl (C=O) groups excluding carboxylic acids is 1. The van der Waals surface area contributed by atoms with Gasteiger partial charge in [-0.3, -0.25) is 4.79 Å². The van der Waals surface area contributed by atoms with E-state index in [9.17, 15) is 4.79 Å². The molecule has 128 valence electrons. The van der Waals surface area contributed by atoms with Crippen LogP contribution in [0.15, 0.2) is 42.6 Å². The van der Waals surface area contributed by atoms with Crippen LogP contribution in [-0.4, -0.2) is 43.0 Å². The summed E-state index contributed by atoms with van der Waals surface area (Å²) in [5, 5.41) is 6.17. The monoisotopic (exact) mass is 326 g/mol. The average Bonchev–Trinajstić information content (AvgIpc) is 2.59. The van der Waals surface area contributed by atoms with Crippen molar-refractivity contribution in [2.75, 3.05) is 32.5 Å². The van der Waals surface area contributed by atoms with Gasteiger partial charge in [-0.1, -0.05) is 19.1 Å². The number of hydrogen-bond acceptors (Lipinski definition) is 4. The van der Waals surface area contributed by atoms with Crippen molar-refractivity contribution in [1.29, 1.82) is 0 Å². The van der Waals surface area contributed by atoms with E-state index in [1.165, 1.54) is 5.56 Å². The van der Waals surface area contributed by atoms with Crippen LogP contribution in [0.5, 0.6) is 0 Å². The molecule has 0 radical (unpaired) electrons. The van der Waals surface area contributed by atoms with Gasteiger partial charge in [0.25, 0.3) is 5.91 Å². The fourth-order valence-corrected chi connectivity index (χ4v) is 2.28. The van der Waals surface area contributed by atoms with Crippen molar-refractivity contribution in [3.63, 3.8) is 0 Å². The third kappa shape index (κ3) is 5.66. The third-order valence-corrected chi connectivity index (χ3v) is 3.71. The lowest BCUT2D eigenvalue weighted by Crippen LogP contribution is -2.27. The molecule has 0 saturated heterocycles. The number of rotatable bonds is 8. The lowest BCUT2D eigenvalue weighted by Gasteiger charge is -2.10. The molecule has 0 saturated carbocycles. The average molecular weight is 326 g/mol. The zero-order valence-electron chi connectivity index (χ0n) is 14.7. The molecule has 2 rings (SSSR count). The van der Waals surface area contributed by atoms with E-state index < -0.39 is 0 Å². The Kier molecular flexibility index (Phi) is 6.75. The largest absolute Gasteiger partial charge is 0.354 e. The van der Waals surface area contributed by atoms with Crippen LogP contribution in [0, 0.1) is 0 Å². The maximum Gasteiger partial charge on any atom is 0.269 e.